The number of benzene rings is 1. The van der Waals surface area contributed by atoms with Crippen LogP contribution in [-0.2, 0) is 17.8 Å². The average Bonchev–Trinajstić information content (AvgIpc) is 3.15. The number of hydrogen-bond donors (Lipinski definition) is 0. The van der Waals surface area contributed by atoms with E-state index in [4.69, 9.17) is 4.52 Å². The van der Waals surface area contributed by atoms with Crippen LogP contribution in [0.2, 0.25) is 0 Å². The van der Waals surface area contributed by atoms with E-state index in [0.717, 1.165) is 70.1 Å². The molecule has 0 aliphatic carbocycles. The highest BCUT2D eigenvalue weighted by molar-refractivity contribution is 5.78. The molecule has 156 valence electrons. The Hall–Kier alpha value is -2.18. The van der Waals surface area contributed by atoms with Crippen LogP contribution in [0.15, 0.2) is 40.9 Å². The molecule has 6 nitrogen and oxygen atoms in total. The summed E-state index contributed by atoms with van der Waals surface area (Å²) in [5, 5.41) is 3.94. The monoisotopic (exact) mass is 396 g/mol. The molecule has 0 saturated carbocycles. The normalized spacial score (nSPS) is 19.6. The van der Waals surface area contributed by atoms with E-state index in [0.29, 0.717) is 12.3 Å². The van der Waals surface area contributed by atoms with Crippen molar-refractivity contribution in [1.29, 1.82) is 0 Å². The minimum absolute atomic E-state index is 0.172. The summed E-state index contributed by atoms with van der Waals surface area (Å²) in [6.45, 7) is 10.4. The molecule has 0 bridgehead atoms. The van der Waals surface area contributed by atoms with E-state index in [9.17, 15) is 4.79 Å². The third-order valence-electron chi connectivity index (χ3n) is 6.21. The highest BCUT2D eigenvalue weighted by Gasteiger charge is 2.26. The maximum absolute atomic E-state index is 12.5. The summed E-state index contributed by atoms with van der Waals surface area (Å²) in [6.07, 6.45) is 2.56. The summed E-state index contributed by atoms with van der Waals surface area (Å²) in [7, 11) is 0. The van der Waals surface area contributed by atoms with Gasteiger partial charge in [0.1, 0.15) is 5.76 Å². The molecule has 1 aromatic heterocycles. The molecule has 0 N–H and O–H groups in total. The number of rotatable bonds is 6. The number of carbonyl (C=O) groups is 1. The Morgan fingerprint density at radius 3 is 2.38 bits per heavy atom. The highest BCUT2D eigenvalue weighted by Crippen LogP contribution is 2.20. The molecule has 2 aliphatic heterocycles. The van der Waals surface area contributed by atoms with Crippen LogP contribution in [0.4, 0.5) is 0 Å². The summed E-state index contributed by atoms with van der Waals surface area (Å²) in [6, 6.07) is 12.6. The van der Waals surface area contributed by atoms with Gasteiger partial charge in [-0.2, -0.15) is 0 Å². The Morgan fingerprint density at radius 2 is 1.72 bits per heavy atom. The highest BCUT2D eigenvalue weighted by atomic mass is 16.5. The molecule has 0 atom stereocenters. The number of likely N-dealkylation sites (tertiary alicyclic amines) is 1. The van der Waals surface area contributed by atoms with Crippen LogP contribution in [0.3, 0.4) is 0 Å². The van der Waals surface area contributed by atoms with Crippen molar-refractivity contribution in [2.45, 2.75) is 32.7 Å². The first kappa shape index (κ1) is 20.1. The number of piperazine rings is 1. The fraction of sp³-hybridized carbons (Fsp3) is 0.565. The lowest BCUT2D eigenvalue weighted by molar-refractivity contribution is -0.132. The van der Waals surface area contributed by atoms with Gasteiger partial charge in [0.15, 0.2) is 0 Å². The molecule has 1 amide bonds. The van der Waals surface area contributed by atoms with Gasteiger partial charge in [0.25, 0.3) is 0 Å². The Labute approximate surface area is 173 Å². The van der Waals surface area contributed by atoms with Crippen LogP contribution in [-0.4, -0.2) is 71.6 Å². The number of aryl methyl sites for hydroxylation is 1. The molecule has 6 heteroatoms. The number of amides is 1. The minimum Gasteiger partial charge on any atom is -0.361 e. The Kier molecular flexibility index (Phi) is 6.62. The third-order valence-corrected chi connectivity index (χ3v) is 6.21. The van der Waals surface area contributed by atoms with E-state index in [-0.39, 0.29) is 5.91 Å². The standard InChI is InChI=1S/C23H32N4O2/c1-19-15-22(24-29-19)16-23(28)27-9-7-21(8-10-27)18-26-13-11-25(12-14-26)17-20-5-3-2-4-6-20/h2-6,15,21H,7-14,16-18H2,1H3. The first-order chi connectivity index (χ1) is 14.2. The minimum atomic E-state index is 0.172. The van der Waals surface area contributed by atoms with Gasteiger partial charge in [-0.3, -0.25) is 9.69 Å². The number of carbonyl (C=O) groups excluding carboxylic acids is 1. The van der Waals surface area contributed by atoms with Crippen molar-refractivity contribution < 1.29 is 9.32 Å². The second-order valence-electron chi connectivity index (χ2n) is 8.49. The van der Waals surface area contributed by atoms with Gasteiger partial charge in [0.05, 0.1) is 12.1 Å². The van der Waals surface area contributed by atoms with E-state index >= 15 is 0 Å². The summed E-state index contributed by atoms with van der Waals surface area (Å²) in [4.78, 5) is 19.7. The molecule has 2 aliphatic rings. The summed E-state index contributed by atoms with van der Waals surface area (Å²) in [5.74, 6) is 1.63. The molecule has 2 fully saturated rings. The van der Waals surface area contributed by atoms with Crippen molar-refractivity contribution in [1.82, 2.24) is 19.9 Å². The lowest BCUT2D eigenvalue weighted by atomic mass is 9.95. The SMILES string of the molecule is Cc1cc(CC(=O)N2CCC(CN3CCN(Cc4ccccc4)CC3)CC2)no1. The number of hydrogen-bond acceptors (Lipinski definition) is 5. The lowest BCUT2D eigenvalue weighted by Gasteiger charge is -2.39. The van der Waals surface area contributed by atoms with Gasteiger partial charge >= 0.3 is 0 Å². The van der Waals surface area contributed by atoms with Crippen LogP contribution in [0.5, 0.6) is 0 Å². The number of nitrogens with zero attached hydrogens (tertiary/aromatic N) is 4. The van der Waals surface area contributed by atoms with Gasteiger partial charge in [0, 0.05) is 58.4 Å². The largest absolute Gasteiger partial charge is 0.361 e. The molecule has 1 aromatic carbocycles. The van der Waals surface area contributed by atoms with E-state index in [2.05, 4.69) is 45.3 Å². The van der Waals surface area contributed by atoms with Crippen LogP contribution >= 0.6 is 0 Å². The third kappa shape index (κ3) is 5.67. The van der Waals surface area contributed by atoms with Gasteiger partial charge in [-0.25, -0.2) is 0 Å². The van der Waals surface area contributed by atoms with Gasteiger partial charge in [0.2, 0.25) is 5.91 Å². The number of piperidine rings is 1. The molecule has 0 spiro atoms. The Morgan fingerprint density at radius 1 is 1.03 bits per heavy atom. The smallest absolute Gasteiger partial charge is 0.228 e. The molecular weight excluding hydrogens is 364 g/mol. The predicted molar refractivity (Wildman–Crippen MR) is 112 cm³/mol. The van der Waals surface area contributed by atoms with Crippen LogP contribution < -0.4 is 0 Å². The lowest BCUT2D eigenvalue weighted by Crippen LogP contribution is -2.48. The predicted octanol–water partition coefficient (Wildman–Crippen LogP) is 2.58. The zero-order valence-electron chi connectivity index (χ0n) is 17.4. The van der Waals surface area contributed by atoms with Crippen molar-refractivity contribution in [3.63, 3.8) is 0 Å². The van der Waals surface area contributed by atoms with Gasteiger partial charge in [-0.05, 0) is 31.2 Å². The first-order valence-corrected chi connectivity index (χ1v) is 10.8. The van der Waals surface area contributed by atoms with Gasteiger partial charge in [-0.15, -0.1) is 0 Å². The molecule has 0 unspecified atom stereocenters. The van der Waals surface area contributed by atoms with Crippen molar-refractivity contribution >= 4 is 5.91 Å². The maximum atomic E-state index is 12.5. The second-order valence-corrected chi connectivity index (χ2v) is 8.49. The summed E-state index contributed by atoms with van der Waals surface area (Å²) in [5.41, 5.74) is 2.14. The van der Waals surface area contributed by atoms with E-state index in [1.54, 1.807) is 0 Å². The topological polar surface area (TPSA) is 52.8 Å². The molecule has 29 heavy (non-hydrogen) atoms. The molecule has 0 radical (unpaired) electrons. The summed E-state index contributed by atoms with van der Waals surface area (Å²) < 4.78 is 5.07. The molecule has 2 saturated heterocycles. The van der Waals surface area contributed by atoms with E-state index < -0.39 is 0 Å². The molecular formula is C23H32N4O2. The quantitative estimate of drug-likeness (QED) is 0.751. The molecule has 2 aromatic rings. The van der Waals surface area contributed by atoms with Crippen LogP contribution in [0, 0.1) is 12.8 Å². The zero-order valence-corrected chi connectivity index (χ0v) is 17.4. The van der Waals surface area contributed by atoms with Gasteiger partial charge in [-0.1, -0.05) is 35.5 Å². The second kappa shape index (κ2) is 9.55. The summed E-state index contributed by atoms with van der Waals surface area (Å²) >= 11 is 0. The van der Waals surface area contributed by atoms with Crippen LogP contribution in [0.25, 0.3) is 0 Å². The van der Waals surface area contributed by atoms with Gasteiger partial charge < -0.3 is 14.3 Å². The van der Waals surface area contributed by atoms with E-state index in [1.165, 1.54) is 12.1 Å². The fourth-order valence-corrected chi connectivity index (χ4v) is 4.47. The van der Waals surface area contributed by atoms with Crippen molar-refractivity contribution in [2.24, 2.45) is 5.92 Å². The fourth-order valence-electron chi connectivity index (χ4n) is 4.47. The molecule has 4 rings (SSSR count). The van der Waals surface area contributed by atoms with Crippen molar-refractivity contribution in [2.75, 3.05) is 45.8 Å². The maximum Gasteiger partial charge on any atom is 0.228 e. The average molecular weight is 397 g/mol. The Bertz CT molecular complexity index is 775. The van der Waals surface area contributed by atoms with Crippen molar-refractivity contribution in [3.05, 3.63) is 53.4 Å². The Balaban J connectivity index is 1.15. The zero-order chi connectivity index (χ0) is 20.1. The van der Waals surface area contributed by atoms with E-state index in [1.807, 2.05) is 17.9 Å². The molecule has 3 heterocycles. The number of aromatic nitrogens is 1. The van der Waals surface area contributed by atoms with Crippen molar-refractivity contribution in [3.8, 4) is 0 Å². The van der Waals surface area contributed by atoms with Crippen LogP contribution in [0.1, 0.15) is 29.9 Å². The first-order valence-electron chi connectivity index (χ1n) is 10.8.